The fourth-order valence-electron chi connectivity index (χ4n) is 3.36. The highest BCUT2D eigenvalue weighted by molar-refractivity contribution is 5.98. The Hall–Kier alpha value is -2.80. The summed E-state index contributed by atoms with van der Waals surface area (Å²) < 4.78 is 39.1. The molecule has 3 rings (SSSR count). The summed E-state index contributed by atoms with van der Waals surface area (Å²) in [7, 11) is 1.42. The molecule has 0 saturated heterocycles. The molecule has 7 heteroatoms. The van der Waals surface area contributed by atoms with Crippen molar-refractivity contribution < 1.29 is 18.0 Å². The number of para-hydroxylation sites is 1. The van der Waals surface area contributed by atoms with E-state index in [2.05, 4.69) is 5.32 Å². The Bertz CT molecular complexity index is 951. The maximum absolute atomic E-state index is 12.8. The number of nitrogens with one attached hydrogen (secondary N) is 1. The molecule has 0 radical (unpaired) electrons. The number of alkyl halides is 3. The van der Waals surface area contributed by atoms with Gasteiger partial charge in [-0.1, -0.05) is 48.5 Å². The highest BCUT2D eigenvalue weighted by Gasteiger charge is 2.28. The monoisotopic (exact) mass is 403 g/mol. The first-order valence-electron chi connectivity index (χ1n) is 9.49. The molecule has 0 unspecified atom stereocenters. The van der Waals surface area contributed by atoms with Gasteiger partial charge in [0, 0.05) is 24.0 Å². The minimum absolute atomic E-state index is 0.226. The Morgan fingerprint density at radius 2 is 1.76 bits per heavy atom. The van der Waals surface area contributed by atoms with Crippen molar-refractivity contribution >= 4 is 16.8 Å². The fraction of sp³-hybridized carbons (Fsp3) is 0.318. The second-order valence-corrected chi connectivity index (χ2v) is 7.12. The number of rotatable bonds is 8. The van der Waals surface area contributed by atoms with E-state index in [1.54, 1.807) is 0 Å². The first-order chi connectivity index (χ1) is 13.8. The van der Waals surface area contributed by atoms with Gasteiger partial charge in [0.2, 0.25) is 0 Å². The fourth-order valence-corrected chi connectivity index (χ4v) is 3.36. The average Bonchev–Trinajstić information content (AvgIpc) is 3.03. The quantitative estimate of drug-likeness (QED) is 0.570. The highest BCUT2D eigenvalue weighted by Crippen LogP contribution is 2.21. The second-order valence-electron chi connectivity index (χ2n) is 7.12. The van der Waals surface area contributed by atoms with Crippen LogP contribution in [-0.4, -0.2) is 48.2 Å². The van der Waals surface area contributed by atoms with Crippen LogP contribution in [-0.2, 0) is 6.54 Å². The molecule has 0 aliphatic carbocycles. The Kier molecular flexibility index (Phi) is 6.59. The maximum atomic E-state index is 12.8. The van der Waals surface area contributed by atoms with Gasteiger partial charge in [0.05, 0.1) is 6.54 Å². The summed E-state index contributed by atoms with van der Waals surface area (Å²) >= 11 is 0. The minimum Gasteiger partial charge on any atom is -0.351 e. The number of carbonyl (C=O) groups is 1. The molecule has 1 N–H and O–H groups in total. The molecule has 2 aromatic carbocycles. The summed E-state index contributed by atoms with van der Waals surface area (Å²) in [5, 5.41) is 3.81. The van der Waals surface area contributed by atoms with E-state index in [-0.39, 0.29) is 12.5 Å². The summed E-state index contributed by atoms with van der Waals surface area (Å²) in [5.74, 6) is -0.226. The van der Waals surface area contributed by atoms with E-state index in [9.17, 15) is 18.0 Å². The van der Waals surface area contributed by atoms with Crippen LogP contribution >= 0.6 is 0 Å². The van der Waals surface area contributed by atoms with Crippen LogP contribution in [0.3, 0.4) is 0 Å². The van der Waals surface area contributed by atoms with Crippen LogP contribution in [0.2, 0.25) is 0 Å². The van der Waals surface area contributed by atoms with E-state index in [4.69, 9.17) is 0 Å². The van der Waals surface area contributed by atoms with E-state index in [1.165, 1.54) is 11.9 Å². The number of halogens is 3. The average molecular weight is 403 g/mol. The predicted molar refractivity (Wildman–Crippen MR) is 108 cm³/mol. The Labute approximate surface area is 167 Å². The van der Waals surface area contributed by atoms with Crippen LogP contribution in [0.1, 0.15) is 22.5 Å². The van der Waals surface area contributed by atoms with E-state index in [0.717, 1.165) is 16.5 Å². The first-order valence-corrected chi connectivity index (χ1v) is 9.49. The normalized spacial score (nSPS) is 11.9. The molecule has 29 heavy (non-hydrogen) atoms. The Balaban J connectivity index is 1.67. The Morgan fingerprint density at radius 3 is 2.48 bits per heavy atom. The lowest BCUT2D eigenvalue weighted by Crippen LogP contribution is -2.34. The molecule has 1 heterocycles. The molecule has 3 aromatic rings. The van der Waals surface area contributed by atoms with Gasteiger partial charge in [0.25, 0.3) is 5.91 Å². The summed E-state index contributed by atoms with van der Waals surface area (Å²) in [6, 6.07) is 19.5. The van der Waals surface area contributed by atoms with Crippen molar-refractivity contribution in [1.82, 2.24) is 14.8 Å². The summed E-state index contributed by atoms with van der Waals surface area (Å²) in [5.41, 5.74) is 2.58. The summed E-state index contributed by atoms with van der Waals surface area (Å²) in [6.07, 6.45) is -3.77. The van der Waals surface area contributed by atoms with Crippen LogP contribution in [0.15, 0.2) is 60.7 Å². The molecule has 154 valence electrons. The van der Waals surface area contributed by atoms with E-state index in [0.29, 0.717) is 25.2 Å². The molecule has 0 saturated carbocycles. The SMILES string of the molecule is CN(CCCNC(=O)c1cc2ccccc2n1Cc1ccccc1)CC(F)(F)F. The van der Waals surface area contributed by atoms with Crippen molar-refractivity contribution in [3.63, 3.8) is 0 Å². The van der Waals surface area contributed by atoms with Crippen molar-refractivity contribution in [2.75, 3.05) is 26.7 Å². The van der Waals surface area contributed by atoms with Gasteiger partial charge in [-0.25, -0.2) is 0 Å². The molecule has 4 nitrogen and oxygen atoms in total. The number of hydrogen-bond acceptors (Lipinski definition) is 2. The number of aromatic nitrogens is 1. The molecule has 0 aliphatic rings. The minimum atomic E-state index is -4.21. The maximum Gasteiger partial charge on any atom is 0.401 e. The number of amides is 1. The number of carbonyl (C=O) groups excluding carboxylic acids is 1. The summed E-state index contributed by atoms with van der Waals surface area (Å²) in [6.45, 7) is 0.179. The topological polar surface area (TPSA) is 37.3 Å². The zero-order chi connectivity index (χ0) is 20.9. The zero-order valence-electron chi connectivity index (χ0n) is 16.2. The third-order valence-electron chi connectivity index (χ3n) is 4.68. The predicted octanol–water partition coefficient (Wildman–Crippen LogP) is 4.30. The molecule has 0 bridgehead atoms. The first kappa shape index (κ1) is 20.9. The van der Waals surface area contributed by atoms with Crippen LogP contribution in [0, 0.1) is 0 Å². The van der Waals surface area contributed by atoms with Gasteiger partial charge in [-0.2, -0.15) is 13.2 Å². The molecule has 0 spiro atoms. The molecular formula is C22H24F3N3O. The molecule has 1 amide bonds. The van der Waals surface area contributed by atoms with Gasteiger partial charge < -0.3 is 9.88 Å². The standard InChI is InChI=1S/C22H24F3N3O/c1-27(16-22(23,24)25)13-7-12-26-21(29)20-14-18-10-5-6-11-19(18)28(20)15-17-8-3-2-4-9-17/h2-6,8-11,14H,7,12-13,15-16H2,1H3,(H,26,29). The number of fused-ring (bicyclic) bond motifs is 1. The molecule has 1 aromatic heterocycles. The van der Waals surface area contributed by atoms with Gasteiger partial charge in [-0.15, -0.1) is 0 Å². The van der Waals surface area contributed by atoms with Gasteiger partial charge >= 0.3 is 6.18 Å². The smallest absolute Gasteiger partial charge is 0.351 e. The van der Waals surface area contributed by atoms with Crippen LogP contribution < -0.4 is 5.32 Å². The molecular weight excluding hydrogens is 379 g/mol. The third-order valence-corrected chi connectivity index (χ3v) is 4.68. The lowest BCUT2D eigenvalue weighted by molar-refractivity contribution is -0.143. The van der Waals surface area contributed by atoms with Crippen molar-refractivity contribution in [2.24, 2.45) is 0 Å². The van der Waals surface area contributed by atoms with E-state index in [1.807, 2.05) is 65.2 Å². The van der Waals surface area contributed by atoms with Crippen molar-refractivity contribution in [1.29, 1.82) is 0 Å². The van der Waals surface area contributed by atoms with Gasteiger partial charge in [-0.05, 0) is 37.7 Å². The van der Waals surface area contributed by atoms with Crippen LogP contribution in [0.25, 0.3) is 10.9 Å². The molecule has 0 fully saturated rings. The summed E-state index contributed by atoms with van der Waals surface area (Å²) in [4.78, 5) is 14.0. The lowest BCUT2D eigenvalue weighted by Gasteiger charge is -2.18. The lowest BCUT2D eigenvalue weighted by atomic mass is 10.2. The van der Waals surface area contributed by atoms with Crippen molar-refractivity contribution in [3.05, 3.63) is 71.9 Å². The molecule has 0 aliphatic heterocycles. The van der Waals surface area contributed by atoms with Gasteiger partial charge in [0.15, 0.2) is 0 Å². The highest BCUT2D eigenvalue weighted by atomic mass is 19.4. The number of nitrogens with zero attached hydrogens (tertiary/aromatic N) is 2. The second kappa shape index (κ2) is 9.13. The van der Waals surface area contributed by atoms with Crippen molar-refractivity contribution in [2.45, 2.75) is 19.1 Å². The Morgan fingerprint density at radius 1 is 1.07 bits per heavy atom. The third kappa shape index (κ3) is 5.84. The zero-order valence-corrected chi connectivity index (χ0v) is 16.2. The number of hydrogen-bond donors (Lipinski definition) is 1. The number of benzene rings is 2. The van der Waals surface area contributed by atoms with Crippen LogP contribution in [0.4, 0.5) is 13.2 Å². The van der Waals surface area contributed by atoms with E-state index >= 15 is 0 Å². The van der Waals surface area contributed by atoms with Crippen LogP contribution in [0.5, 0.6) is 0 Å². The molecule has 0 atom stereocenters. The van der Waals surface area contributed by atoms with Gasteiger partial charge in [0.1, 0.15) is 5.69 Å². The van der Waals surface area contributed by atoms with Gasteiger partial charge in [-0.3, -0.25) is 9.69 Å². The van der Waals surface area contributed by atoms with Crippen molar-refractivity contribution in [3.8, 4) is 0 Å². The largest absolute Gasteiger partial charge is 0.401 e. The van der Waals surface area contributed by atoms with E-state index < -0.39 is 12.7 Å².